The van der Waals surface area contributed by atoms with Crippen LogP contribution in [0.25, 0.3) is 11.4 Å². The number of hydrogen-bond donors (Lipinski definition) is 1. The van der Waals surface area contributed by atoms with E-state index in [0.717, 1.165) is 36.6 Å². The maximum absolute atomic E-state index is 13.2. The van der Waals surface area contributed by atoms with E-state index in [-0.39, 0.29) is 5.69 Å². The molecule has 18 heavy (non-hydrogen) atoms. The molecular weight excluding hydrogens is 231 g/mol. The topological polar surface area (TPSA) is 56.7 Å². The number of rotatable bonds is 1. The molecule has 1 aromatic heterocycles. The van der Waals surface area contributed by atoms with Gasteiger partial charge in [0.25, 0.3) is 0 Å². The summed E-state index contributed by atoms with van der Waals surface area (Å²) in [6.07, 6.45) is 2.07. The molecule has 3 rings (SSSR count). The van der Waals surface area contributed by atoms with E-state index in [2.05, 4.69) is 21.7 Å². The van der Waals surface area contributed by atoms with Crippen LogP contribution in [0.3, 0.4) is 0 Å². The first-order valence-electron chi connectivity index (χ1n) is 6.12. The molecule has 0 amide bonds. The highest BCUT2D eigenvalue weighted by molar-refractivity contribution is 5.61. The second kappa shape index (κ2) is 4.08. The number of benzene rings is 1. The predicted octanol–water partition coefficient (Wildman–Crippen LogP) is 2.25. The number of fused-ring (bicyclic) bond motifs is 1. The highest BCUT2D eigenvalue weighted by Gasteiger charge is 2.21. The number of nitrogens with two attached hydrogens (primary N) is 1. The smallest absolute Gasteiger partial charge is 0.164 e. The average molecular weight is 246 g/mol. The van der Waals surface area contributed by atoms with Crippen LogP contribution in [0, 0.1) is 11.7 Å². The zero-order valence-electron chi connectivity index (χ0n) is 10.2. The lowest BCUT2D eigenvalue weighted by molar-refractivity contribution is 0.411. The van der Waals surface area contributed by atoms with E-state index >= 15 is 0 Å². The van der Waals surface area contributed by atoms with Gasteiger partial charge in [0.05, 0.1) is 5.69 Å². The summed E-state index contributed by atoms with van der Waals surface area (Å²) in [6, 6.07) is 4.68. The van der Waals surface area contributed by atoms with E-state index in [9.17, 15) is 4.39 Å². The standard InChI is InChI=1S/C13H15FN4/c1-8-4-5-18-12(6-8)16-17-13(18)9-2-3-10(14)11(15)7-9/h2-3,7-8H,4-6,15H2,1H3. The molecule has 2 N–H and O–H groups in total. The van der Waals surface area contributed by atoms with Crippen molar-refractivity contribution in [3.8, 4) is 11.4 Å². The first-order chi connectivity index (χ1) is 8.65. The quantitative estimate of drug-likeness (QED) is 0.785. The van der Waals surface area contributed by atoms with Crippen molar-refractivity contribution in [3.05, 3.63) is 29.8 Å². The summed E-state index contributed by atoms with van der Waals surface area (Å²) in [5.41, 5.74) is 6.56. The first kappa shape index (κ1) is 11.2. The Bertz CT molecular complexity index is 591. The van der Waals surface area contributed by atoms with Gasteiger partial charge in [0.1, 0.15) is 11.6 Å². The number of aromatic nitrogens is 3. The summed E-state index contributed by atoms with van der Waals surface area (Å²) in [4.78, 5) is 0. The van der Waals surface area contributed by atoms with Gasteiger partial charge in [-0.25, -0.2) is 4.39 Å². The molecular formula is C13H15FN4. The fourth-order valence-electron chi connectivity index (χ4n) is 2.38. The van der Waals surface area contributed by atoms with Gasteiger partial charge in [-0.1, -0.05) is 6.92 Å². The number of hydrogen-bond acceptors (Lipinski definition) is 3. The van der Waals surface area contributed by atoms with Crippen LogP contribution in [0.2, 0.25) is 0 Å². The molecule has 5 heteroatoms. The summed E-state index contributed by atoms with van der Waals surface area (Å²) in [7, 11) is 0. The van der Waals surface area contributed by atoms with Crippen molar-refractivity contribution >= 4 is 5.69 Å². The molecule has 0 spiro atoms. The average Bonchev–Trinajstić information content (AvgIpc) is 2.75. The highest BCUT2D eigenvalue weighted by Crippen LogP contribution is 2.27. The SMILES string of the molecule is CC1CCn2c(nnc2-c2ccc(F)c(N)c2)C1. The van der Waals surface area contributed by atoms with E-state index in [0.29, 0.717) is 5.92 Å². The van der Waals surface area contributed by atoms with Crippen molar-refractivity contribution < 1.29 is 4.39 Å². The minimum absolute atomic E-state index is 0.147. The van der Waals surface area contributed by atoms with E-state index in [1.165, 1.54) is 6.07 Å². The zero-order chi connectivity index (χ0) is 12.7. The number of nitrogens with zero attached hydrogens (tertiary/aromatic N) is 3. The Balaban J connectivity index is 2.05. The molecule has 2 heterocycles. The van der Waals surface area contributed by atoms with Gasteiger partial charge in [-0.2, -0.15) is 0 Å². The zero-order valence-corrected chi connectivity index (χ0v) is 10.2. The monoisotopic (exact) mass is 246 g/mol. The molecule has 0 saturated carbocycles. The summed E-state index contributed by atoms with van der Waals surface area (Å²) in [5.74, 6) is 2.04. The van der Waals surface area contributed by atoms with Gasteiger partial charge in [-0.15, -0.1) is 10.2 Å². The van der Waals surface area contributed by atoms with Gasteiger partial charge in [0, 0.05) is 18.5 Å². The molecule has 1 aliphatic rings. The van der Waals surface area contributed by atoms with Crippen LogP contribution in [0.4, 0.5) is 10.1 Å². The second-order valence-electron chi connectivity index (χ2n) is 4.93. The molecule has 1 aliphatic heterocycles. The molecule has 94 valence electrons. The van der Waals surface area contributed by atoms with Gasteiger partial charge < -0.3 is 10.3 Å². The van der Waals surface area contributed by atoms with Crippen molar-refractivity contribution in [3.63, 3.8) is 0 Å². The number of nitrogen functional groups attached to an aromatic ring is 1. The van der Waals surface area contributed by atoms with Crippen LogP contribution in [0.1, 0.15) is 19.2 Å². The van der Waals surface area contributed by atoms with E-state index in [1.807, 2.05) is 0 Å². The molecule has 4 nitrogen and oxygen atoms in total. The van der Waals surface area contributed by atoms with Crippen LogP contribution in [0.5, 0.6) is 0 Å². The Morgan fingerprint density at radius 1 is 1.39 bits per heavy atom. The van der Waals surface area contributed by atoms with Gasteiger partial charge >= 0.3 is 0 Å². The molecule has 1 unspecified atom stereocenters. The summed E-state index contributed by atoms with van der Waals surface area (Å²) >= 11 is 0. The Morgan fingerprint density at radius 3 is 3.00 bits per heavy atom. The molecule has 2 aromatic rings. The fourth-order valence-corrected chi connectivity index (χ4v) is 2.38. The Kier molecular flexibility index (Phi) is 2.54. The first-order valence-corrected chi connectivity index (χ1v) is 6.12. The van der Waals surface area contributed by atoms with Crippen LogP contribution in [-0.2, 0) is 13.0 Å². The van der Waals surface area contributed by atoms with Crippen LogP contribution < -0.4 is 5.73 Å². The third-order valence-electron chi connectivity index (χ3n) is 3.46. The Hall–Kier alpha value is -1.91. The number of halogens is 1. The third kappa shape index (κ3) is 1.75. The maximum atomic E-state index is 13.2. The summed E-state index contributed by atoms with van der Waals surface area (Å²) in [6.45, 7) is 3.13. The van der Waals surface area contributed by atoms with Crippen LogP contribution in [0.15, 0.2) is 18.2 Å². The lowest BCUT2D eigenvalue weighted by atomic mass is 10.00. The van der Waals surface area contributed by atoms with Gasteiger partial charge in [0.15, 0.2) is 5.82 Å². The van der Waals surface area contributed by atoms with E-state index in [4.69, 9.17) is 5.73 Å². The Labute approximate surface area is 105 Å². The maximum Gasteiger partial charge on any atom is 0.164 e. The normalized spacial score (nSPS) is 18.7. The second-order valence-corrected chi connectivity index (χ2v) is 4.93. The van der Waals surface area contributed by atoms with Crippen LogP contribution in [-0.4, -0.2) is 14.8 Å². The van der Waals surface area contributed by atoms with Crippen molar-refractivity contribution in [1.82, 2.24) is 14.8 Å². The molecule has 0 bridgehead atoms. The Morgan fingerprint density at radius 2 is 2.22 bits per heavy atom. The molecule has 0 aliphatic carbocycles. The molecule has 0 saturated heterocycles. The minimum Gasteiger partial charge on any atom is -0.396 e. The third-order valence-corrected chi connectivity index (χ3v) is 3.46. The lowest BCUT2D eigenvalue weighted by Crippen LogP contribution is -2.18. The van der Waals surface area contributed by atoms with Crippen molar-refractivity contribution in [2.45, 2.75) is 26.3 Å². The molecule has 1 atom stereocenters. The van der Waals surface area contributed by atoms with Crippen molar-refractivity contribution in [1.29, 1.82) is 0 Å². The van der Waals surface area contributed by atoms with Crippen molar-refractivity contribution in [2.24, 2.45) is 5.92 Å². The van der Waals surface area contributed by atoms with E-state index in [1.54, 1.807) is 12.1 Å². The lowest BCUT2D eigenvalue weighted by Gasteiger charge is -2.20. The van der Waals surface area contributed by atoms with Gasteiger partial charge in [-0.3, -0.25) is 0 Å². The molecule has 1 aromatic carbocycles. The number of anilines is 1. The molecule has 0 radical (unpaired) electrons. The van der Waals surface area contributed by atoms with Crippen molar-refractivity contribution in [2.75, 3.05) is 5.73 Å². The van der Waals surface area contributed by atoms with Gasteiger partial charge in [0.2, 0.25) is 0 Å². The van der Waals surface area contributed by atoms with Crippen LogP contribution >= 0.6 is 0 Å². The largest absolute Gasteiger partial charge is 0.396 e. The predicted molar refractivity (Wildman–Crippen MR) is 67.3 cm³/mol. The fraction of sp³-hybridized carbons (Fsp3) is 0.385. The minimum atomic E-state index is -0.397. The van der Waals surface area contributed by atoms with E-state index < -0.39 is 5.82 Å². The van der Waals surface area contributed by atoms with Gasteiger partial charge in [-0.05, 0) is 30.5 Å². The molecule has 0 fully saturated rings. The highest BCUT2D eigenvalue weighted by atomic mass is 19.1. The summed E-state index contributed by atoms with van der Waals surface area (Å²) in [5, 5.41) is 8.42. The summed E-state index contributed by atoms with van der Waals surface area (Å²) < 4.78 is 15.3.